The van der Waals surface area contributed by atoms with E-state index in [2.05, 4.69) is 13.8 Å². The number of carboxylic acid groups (broad SMARTS) is 1. The lowest BCUT2D eigenvalue weighted by molar-refractivity contribution is -0.137. The standard InChI is InChI=1S/C16H24N2O3/c1-13(2)12-17(3)16(21)18(11-7-10-15(19)20)14-8-5-4-6-9-14/h4-6,8-9,13H,7,10-12H2,1-3H3,(H,19,20). The molecule has 5 nitrogen and oxygen atoms in total. The van der Waals surface area contributed by atoms with Crippen LogP contribution in [0, 0.1) is 5.92 Å². The second kappa shape index (κ2) is 8.29. The molecule has 1 aromatic carbocycles. The van der Waals surface area contributed by atoms with Crippen LogP contribution >= 0.6 is 0 Å². The number of urea groups is 1. The van der Waals surface area contributed by atoms with Gasteiger partial charge in [-0.25, -0.2) is 4.79 Å². The lowest BCUT2D eigenvalue weighted by Gasteiger charge is -2.29. The summed E-state index contributed by atoms with van der Waals surface area (Å²) in [4.78, 5) is 26.5. The van der Waals surface area contributed by atoms with Crippen LogP contribution in [-0.2, 0) is 4.79 Å². The first-order valence-electron chi connectivity index (χ1n) is 7.21. The van der Waals surface area contributed by atoms with Crippen LogP contribution < -0.4 is 4.90 Å². The summed E-state index contributed by atoms with van der Waals surface area (Å²) in [5, 5.41) is 8.75. The summed E-state index contributed by atoms with van der Waals surface area (Å²) in [5.41, 5.74) is 0.795. The Morgan fingerprint density at radius 1 is 1.19 bits per heavy atom. The number of para-hydroxylation sites is 1. The van der Waals surface area contributed by atoms with E-state index in [0.29, 0.717) is 25.4 Å². The molecular weight excluding hydrogens is 268 g/mol. The lowest BCUT2D eigenvalue weighted by atomic mass is 10.2. The Morgan fingerprint density at radius 3 is 2.33 bits per heavy atom. The second-order valence-electron chi connectivity index (χ2n) is 5.54. The van der Waals surface area contributed by atoms with Crippen LogP contribution in [0.2, 0.25) is 0 Å². The van der Waals surface area contributed by atoms with Crippen molar-refractivity contribution in [2.45, 2.75) is 26.7 Å². The number of carbonyl (C=O) groups excluding carboxylic acids is 1. The number of hydrogen-bond donors (Lipinski definition) is 1. The second-order valence-corrected chi connectivity index (χ2v) is 5.54. The average molecular weight is 292 g/mol. The first-order chi connectivity index (χ1) is 9.91. The zero-order chi connectivity index (χ0) is 15.8. The third-order valence-electron chi connectivity index (χ3n) is 3.04. The first-order valence-corrected chi connectivity index (χ1v) is 7.21. The van der Waals surface area contributed by atoms with Crippen LogP contribution in [0.15, 0.2) is 30.3 Å². The summed E-state index contributed by atoms with van der Waals surface area (Å²) >= 11 is 0. The van der Waals surface area contributed by atoms with E-state index in [4.69, 9.17) is 5.11 Å². The fourth-order valence-electron chi connectivity index (χ4n) is 2.16. The molecule has 0 aliphatic carbocycles. The molecule has 5 heteroatoms. The first kappa shape index (κ1) is 17.0. The van der Waals surface area contributed by atoms with Crippen LogP contribution in [0.4, 0.5) is 10.5 Å². The molecule has 0 saturated carbocycles. The number of benzene rings is 1. The number of nitrogens with zero attached hydrogens (tertiary/aromatic N) is 2. The molecule has 0 heterocycles. The minimum Gasteiger partial charge on any atom is -0.481 e. The molecule has 0 aliphatic heterocycles. The van der Waals surface area contributed by atoms with Crippen molar-refractivity contribution in [2.24, 2.45) is 5.92 Å². The van der Waals surface area contributed by atoms with Crippen molar-refractivity contribution in [2.75, 3.05) is 25.0 Å². The molecule has 1 N–H and O–H groups in total. The number of anilines is 1. The molecule has 0 fully saturated rings. The average Bonchev–Trinajstić information content (AvgIpc) is 2.43. The molecule has 0 saturated heterocycles. The van der Waals surface area contributed by atoms with Crippen molar-refractivity contribution >= 4 is 17.7 Å². The largest absolute Gasteiger partial charge is 0.481 e. The molecule has 0 unspecified atom stereocenters. The van der Waals surface area contributed by atoms with Gasteiger partial charge in [0.2, 0.25) is 0 Å². The van der Waals surface area contributed by atoms with Crippen molar-refractivity contribution in [3.8, 4) is 0 Å². The quantitative estimate of drug-likeness (QED) is 0.840. The molecule has 21 heavy (non-hydrogen) atoms. The fraction of sp³-hybridized carbons (Fsp3) is 0.500. The third-order valence-corrected chi connectivity index (χ3v) is 3.04. The molecular formula is C16H24N2O3. The van der Waals surface area contributed by atoms with Gasteiger partial charge in [-0.2, -0.15) is 0 Å². The summed E-state index contributed by atoms with van der Waals surface area (Å²) in [6, 6.07) is 9.26. The molecule has 2 amide bonds. The minimum absolute atomic E-state index is 0.0600. The number of amides is 2. The minimum atomic E-state index is -0.842. The van der Waals surface area contributed by atoms with Crippen LogP contribution in [0.1, 0.15) is 26.7 Å². The molecule has 116 valence electrons. The van der Waals surface area contributed by atoms with Gasteiger partial charge >= 0.3 is 12.0 Å². The van der Waals surface area contributed by atoms with E-state index in [1.165, 1.54) is 0 Å². The van der Waals surface area contributed by atoms with Crippen LogP contribution in [0.3, 0.4) is 0 Å². The normalized spacial score (nSPS) is 10.5. The van der Waals surface area contributed by atoms with Gasteiger partial charge in [-0.05, 0) is 24.5 Å². The Morgan fingerprint density at radius 2 is 1.81 bits per heavy atom. The van der Waals surface area contributed by atoms with Crippen LogP contribution in [0.5, 0.6) is 0 Å². The van der Waals surface area contributed by atoms with Gasteiger partial charge in [0.05, 0.1) is 0 Å². The van der Waals surface area contributed by atoms with E-state index in [1.54, 1.807) is 16.8 Å². The maximum Gasteiger partial charge on any atom is 0.324 e. The summed E-state index contributed by atoms with van der Waals surface area (Å²) in [5.74, 6) is -0.457. The van der Waals surface area contributed by atoms with Gasteiger partial charge in [-0.1, -0.05) is 32.0 Å². The zero-order valence-electron chi connectivity index (χ0n) is 13.0. The smallest absolute Gasteiger partial charge is 0.324 e. The van der Waals surface area contributed by atoms with E-state index in [9.17, 15) is 9.59 Å². The zero-order valence-corrected chi connectivity index (χ0v) is 13.0. The number of rotatable bonds is 7. The van der Waals surface area contributed by atoms with Crippen LogP contribution in [0.25, 0.3) is 0 Å². The maximum atomic E-state index is 12.6. The molecule has 0 atom stereocenters. The topological polar surface area (TPSA) is 60.9 Å². The monoisotopic (exact) mass is 292 g/mol. The van der Waals surface area contributed by atoms with Crippen molar-refractivity contribution in [3.05, 3.63) is 30.3 Å². The molecule has 1 aromatic rings. The summed E-state index contributed by atoms with van der Waals surface area (Å²) in [7, 11) is 1.77. The van der Waals surface area contributed by atoms with Crippen molar-refractivity contribution in [3.63, 3.8) is 0 Å². The van der Waals surface area contributed by atoms with Crippen molar-refractivity contribution in [1.82, 2.24) is 4.90 Å². The molecule has 0 radical (unpaired) electrons. The highest BCUT2D eigenvalue weighted by Crippen LogP contribution is 2.16. The van der Waals surface area contributed by atoms with E-state index >= 15 is 0 Å². The Balaban J connectivity index is 2.80. The molecule has 0 spiro atoms. The number of carboxylic acids is 1. The Bertz CT molecular complexity index is 460. The van der Waals surface area contributed by atoms with Gasteiger partial charge in [0.25, 0.3) is 0 Å². The molecule has 0 aliphatic rings. The summed E-state index contributed by atoms with van der Waals surface area (Å²) < 4.78 is 0. The van der Waals surface area contributed by atoms with Gasteiger partial charge in [-0.15, -0.1) is 0 Å². The Hall–Kier alpha value is -2.04. The van der Waals surface area contributed by atoms with Crippen molar-refractivity contribution < 1.29 is 14.7 Å². The SMILES string of the molecule is CC(C)CN(C)C(=O)N(CCCC(=O)O)c1ccccc1. The van der Waals surface area contributed by atoms with Gasteiger partial charge in [0, 0.05) is 32.2 Å². The van der Waals surface area contributed by atoms with E-state index < -0.39 is 5.97 Å². The fourth-order valence-corrected chi connectivity index (χ4v) is 2.16. The van der Waals surface area contributed by atoms with E-state index in [-0.39, 0.29) is 12.5 Å². The van der Waals surface area contributed by atoms with Gasteiger partial charge in [-0.3, -0.25) is 9.69 Å². The predicted octanol–water partition coefficient (Wildman–Crippen LogP) is 3.07. The number of hydrogen-bond acceptors (Lipinski definition) is 2. The van der Waals surface area contributed by atoms with E-state index in [0.717, 1.165) is 5.69 Å². The van der Waals surface area contributed by atoms with Gasteiger partial charge in [0.1, 0.15) is 0 Å². The van der Waals surface area contributed by atoms with E-state index in [1.807, 2.05) is 30.3 Å². The molecule has 0 aromatic heterocycles. The number of carbonyl (C=O) groups is 2. The van der Waals surface area contributed by atoms with Crippen LogP contribution in [-0.4, -0.2) is 42.1 Å². The van der Waals surface area contributed by atoms with Gasteiger partial charge in [0.15, 0.2) is 0 Å². The highest BCUT2D eigenvalue weighted by molar-refractivity contribution is 5.91. The maximum absolute atomic E-state index is 12.6. The predicted molar refractivity (Wildman–Crippen MR) is 83.5 cm³/mol. The highest BCUT2D eigenvalue weighted by Gasteiger charge is 2.20. The molecule has 1 rings (SSSR count). The Labute approximate surface area is 126 Å². The van der Waals surface area contributed by atoms with Crippen molar-refractivity contribution in [1.29, 1.82) is 0 Å². The summed E-state index contributed by atoms with van der Waals surface area (Å²) in [6.45, 7) is 5.18. The lowest BCUT2D eigenvalue weighted by Crippen LogP contribution is -2.43. The summed E-state index contributed by atoms with van der Waals surface area (Å²) in [6.07, 6.45) is 0.496. The number of aliphatic carboxylic acids is 1. The Kier molecular flexibility index (Phi) is 6.72. The third kappa shape index (κ3) is 5.85. The molecule has 0 bridgehead atoms. The highest BCUT2D eigenvalue weighted by atomic mass is 16.4. The van der Waals surface area contributed by atoms with Gasteiger partial charge < -0.3 is 10.0 Å².